The lowest BCUT2D eigenvalue weighted by molar-refractivity contribution is -0.315. The number of esters is 1. The van der Waals surface area contributed by atoms with Gasteiger partial charge in [-0.25, -0.2) is 0 Å². The van der Waals surface area contributed by atoms with Crippen LogP contribution in [0.15, 0.2) is 0 Å². The molecule has 1 heterocycles. The number of carboxylic acids is 1. The van der Waals surface area contributed by atoms with Gasteiger partial charge in [0.1, 0.15) is 0 Å². The summed E-state index contributed by atoms with van der Waals surface area (Å²) in [6.45, 7) is 0.328. The maximum atomic E-state index is 11.1. The minimum absolute atomic E-state index is 0.108. The second kappa shape index (κ2) is 4.39. The molecule has 0 bridgehead atoms. The van der Waals surface area contributed by atoms with Crippen LogP contribution in [0.2, 0.25) is 0 Å². The van der Waals surface area contributed by atoms with Crippen molar-refractivity contribution in [1.29, 1.82) is 0 Å². The summed E-state index contributed by atoms with van der Waals surface area (Å²) < 4.78 is 4.44. The van der Waals surface area contributed by atoms with Crippen LogP contribution >= 0.6 is 0 Å². The maximum absolute atomic E-state index is 11.1. The van der Waals surface area contributed by atoms with Crippen LogP contribution in [-0.4, -0.2) is 43.3 Å². The molecule has 0 amide bonds. The Morgan fingerprint density at radius 1 is 1.43 bits per heavy atom. The topological polar surface area (TPSA) is 98.7 Å². The third-order valence-corrected chi connectivity index (χ3v) is 2.36. The zero-order valence-corrected chi connectivity index (χ0v) is 7.73. The summed E-state index contributed by atoms with van der Waals surface area (Å²) >= 11 is 0. The Hall–Kier alpha value is -1.14. The summed E-state index contributed by atoms with van der Waals surface area (Å²) in [4.78, 5) is 21.7. The summed E-state index contributed by atoms with van der Waals surface area (Å²) in [7, 11) is 1.19. The van der Waals surface area contributed by atoms with Gasteiger partial charge in [-0.1, -0.05) is 0 Å². The van der Waals surface area contributed by atoms with Crippen LogP contribution in [0.3, 0.4) is 0 Å². The average Bonchev–Trinajstić information content (AvgIpc) is 2.16. The highest BCUT2D eigenvalue weighted by atomic mass is 16.5. The number of hydrogen-bond donors (Lipinski definition) is 2. The summed E-state index contributed by atoms with van der Waals surface area (Å²) in [6.07, 6.45) is -1.24. The first-order valence-corrected chi connectivity index (χ1v) is 4.25. The summed E-state index contributed by atoms with van der Waals surface area (Å²) in [5.74, 6) is -3.88. The second-order valence-corrected chi connectivity index (χ2v) is 3.20. The quantitative estimate of drug-likeness (QED) is 0.466. The van der Waals surface area contributed by atoms with Gasteiger partial charge in [0.15, 0.2) is 0 Å². The van der Waals surface area contributed by atoms with Crippen molar-refractivity contribution in [1.82, 2.24) is 5.32 Å². The maximum Gasteiger partial charge on any atom is 0.312 e. The molecule has 1 aliphatic rings. The Kier molecular flexibility index (Phi) is 3.43. The highest BCUT2D eigenvalue weighted by Crippen LogP contribution is 2.18. The van der Waals surface area contributed by atoms with Crippen LogP contribution in [0.5, 0.6) is 0 Å². The van der Waals surface area contributed by atoms with Gasteiger partial charge < -0.3 is 25.1 Å². The van der Waals surface area contributed by atoms with E-state index in [2.05, 4.69) is 10.1 Å². The minimum atomic E-state index is -1.36. The molecular weight excluding hydrogens is 190 g/mol. The zero-order valence-electron chi connectivity index (χ0n) is 7.73. The number of carboxylic acid groups (broad SMARTS) is 1. The first-order chi connectivity index (χ1) is 6.57. The van der Waals surface area contributed by atoms with Gasteiger partial charge in [-0.15, -0.1) is 0 Å². The Morgan fingerprint density at radius 2 is 2.00 bits per heavy atom. The Labute approximate surface area is 80.9 Å². The third-order valence-electron chi connectivity index (χ3n) is 2.36. The Bertz CT molecular complexity index is 242. The summed E-state index contributed by atoms with van der Waals surface area (Å²) in [5, 5.41) is 22.8. The van der Waals surface area contributed by atoms with E-state index in [1.807, 2.05) is 0 Å². The van der Waals surface area contributed by atoms with Crippen LogP contribution in [0.1, 0.15) is 0 Å². The van der Waals surface area contributed by atoms with Crippen molar-refractivity contribution in [3.8, 4) is 0 Å². The molecule has 0 aromatic heterocycles. The van der Waals surface area contributed by atoms with Gasteiger partial charge in [-0.2, -0.15) is 0 Å². The molecule has 1 aliphatic heterocycles. The molecule has 0 aromatic carbocycles. The first kappa shape index (κ1) is 10.9. The minimum Gasteiger partial charge on any atom is -0.550 e. The number of carbonyl (C=O) groups excluding carboxylic acids is 2. The molecule has 0 radical (unpaired) electrons. The van der Waals surface area contributed by atoms with Crippen LogP contribution in [0.25, 0.3) is 0 Å². The fraction of sp³-hybridized carbons (Fsp3) is 0.750. The van der Waals surface area contributed by atoms with Crippen molar-refractivity contribution >= 4 is 11.9 Å². The van der Waals surface area contributed by atoms with E-state index in [1.54, 1.807) is 0 Å². The highest BCUT2D eigenvalue weighted by Gasteiger charge is 2.37. The zero-order chi connectivity index (χ0) is 10.7. The van der Waals surface area contributed by atoms with Gasteiger partial charge in [-0.05, 0) is 0 Å². The van der Waals surface area contributed by atoms with Crippen LogP contribution in [0.4, 0.5) is 0 Å². The van der Waals surface area contributed by atoms with Gasteiger partial charge in [0.25, 0.3) is 0 Å². The molecule has 3 atom stereocenters. The molecule has 6 heteroatoms. The molecule has 0 aromatic rings. The monoisotopic (exact) mass is 202 g/mol. The molecule has 2 N–H and O–H groups in total. The molecule has 80 valence electrons. The number of nitrogens with one attached hydrogen (secondary N) is 1. The van der Waals surface area contributed by atoms with Crippen molar-refractivity contribution in [3.63, 3.8) is 0 Å². The lowest BCUT2D eigenvalue weighted by Crippen LogP contribution is -2.55. The number of methoxy groups -OCH3 is 1. The standard InChI is InChI=1S/C8H13NO5/c1-14-8(13)5-3-9-2-4(6(5)10)7(11)12/h4-6,9-10H,2-3H2,1H3,(H,11,12)/p-1/t4-,5+,6-/m0/s1. The van der Waals surface area contributed by atoms with E-state index in [-0.39, 0.29) is 13.1 Å². The number of carbonyl (C=O) groups is 2. The lowest BCUT2D eigenvalue weighted by atomic mass is 9.87. The van der Waals surface area contributed by atoms with Crippen LogP contribution < -0.4 is 10.4 Å². The molecule has 0 unspecified atom stereocenters. The SMILES string of the molecule is COC(=O)[C@@H]1CNC[C@H](C(=O)[O-])[C@@H]1O. The summed E-state index contributed by atoms with van der Waals surface area (Å²) in [6, 6.07) is 0. The molecule has 0 spiro atoms. The van der Waals surface area contributed by atoms with E-state index in [0.717, 1.165) is 0 Å². The predicted molar refractivity (Wildman–Crippen MR) is 42.9 cm³/mol. The molecule has 1 rings (SSSR count). The fourth-order valence-corrected chi connectivity index (χ4v) is 1.51. The largest absolute Gasteiger partial charge is 0.550 e. The molecular formula is C8H12NO5-. The van der Waals surface area contributed by atoms with Gasteiger partial charge >= 0.3 is 5.97 Å². The number of aliphatic carboxylic acids is 1. The molecule has 0 aliphatic carbocycles. The van der Waals surface area contributed by atoms with Crippen molar-refractivity contribution in [2.45, 2.75) is 6.10 Å². The first-order valence-electron chi connectivity index (χ1n) is 4.25. The van der Waals surface area contributed by atoms with Crippen LogP contribution in [0, 0.1) is 11.8 Å². The van der Waals surface area contributed by atoms with E-state index in [4.69, 9.17) is 0 Å². The van der Waals surface area contributed by atoms with E-state index in [1.165, 1.54) is 7.11 Å². The van der Waals surface area contributed by atoms with Gasteiger partial charge in [-0.3, -0.25) is 4.79 Å². The van der Waals surface area contributed by atoms with Crippen molar-refractivity contribution in [2.24, 2.45) is 11.8 Å². The van der Waals surface area contributed by atoms with Gasteiger partial charge in [0.05, 0.1) is 19.1 Å². The Balaban J connectivity index is 2.70. The second-order valence-electron chi connectivity index (χ2n) is 3.20. The molecule has 0 saturated carbocycles. The molecule has 14 heavy (non-hydrogen) atoms. The average molecular weight is 202 g/mol. The number of aliphatic hydroxyl groups excluding tert-OH is 1. The van der Waals surface area contributed by atoms with Crippen molar-refractivity contribution in [3.05, 3.63) is 0 Å². The smallest absolute Gasteiger partial charge is 0.312 e. The lowest BCUT2D eigenvalue weighted by Gasteiger charge is -2.34. The molecule has 1 saturated heterocycles. The van der Waals surface area contributed by atoms with E-state index < -0.39 is 29.9 Å². The number of ether oxygens (including phenoxy) is 1. The Morgan fingerprint density at radius 3 is 2.50 bits per heavy atom. The normalized spacial score (nSPS) is 32.3. The van der Waals surface area contributed by atoms with Crippen molar-refractivity contribution in [2.75, 3.05) is 20.2 Å². The van der Waals surface area contributed by atoms with Gasteiger partial charge in [0, 0.05) is 25.0 Å². The number of piperidine rings is 1. The van der Waals surface area contributed by atoms with E-state index in [0.29, 0.717) is 0 Å². The van der Waals surface area contributed by atoms with Gasteiger partial charge in [0.2, 0.25) is 0 Å². The van der Waals surface area contributed by atoms with Crippen LogP contribution in [-0.2, 0) is 14.3 Å². The van der Waals surface area contributed by atoms with E-state index >= 15 is 0 Å². The third kappa shape index (κ3) is 2.02. The van der Waals surface area contributed by atoms with E-state index in [9.17, 15) is 19.8 Å². The van der Waals surface area contributed by atoms with Crippen molar-refractivity contribution < 1.29 is 24.5 Å². The fourth-order valence-electron chi connectivity index (χ4n) is 1.51. The number of hydrogen-bond acceptors (Lipinski definition) is 6. The predicted octanol–water partition coefficient (Wildman–Crippen LogP) is -2.89. The molecule has 6 nitrogen and oxygen atoms in total. The molecule has 1 fully saturated rings. The highest BCUT2D eigenvalue weighted by molar-refractivity contribution is 5.76. The number of aliphatic hydroxyl groups is 1. The summed E-state index contributed by atoms with van der Waals surface area (Å²) in [5.41, 5.74) is 0. The number of rotatable bonds is 2.